The van der Waals surface area contributed by atoms with Gasteiger partial charge in [0.2, 0.25) is 0 Å². The summed E-state index contributed by atoms with van der Waals surface area (Å²) in [5.74, 6) is 0.00491. The molecule has 2 N–H and O–H groups in total. The number of rotatable bonds is 6. The van der Waals surface area contributed by atoms with Crippen molar-refractivity contribution in [2.24, 2.45) is 0 Å². The molecule has 0 unspecified atom stereocenters. The normalized spacial score (nSPS) is 15.8. The summed E-state index contributed by atoms with van der Waals surface area (Å²) in [7, 11) is 0. The molecule has 2 aromatic rings. The second-order valence-electron chi connectivity index (χ2n) is 5.92. The van der Waals surface area contributed by atoms with E-state index in [9.17, 15) is 14.9 Å². The van der Waals surface area contributed by atoms with Crippen molar-refractivity contribution in [3.63, 3.8) is 0 Å². The Morgan fingerprint density at radius 3 is 2.92 bits per heavy atom. The highest BCUT2D eigenvalue weighted by Gasteiger charge is 2.19. The van der Waals surface area contributed by atoms with Crippen molar-refractivity contribution in [2.45, 2.75) is 19.4 Å². The van der Waals surface area contributed by atoms with Crippen LogP contribution >= 0.6 is 11.6 Å². The lowest BCUT2D eigenvalue weighted by Gasteiger charge is -2.27. The van der Waals surface area contributed by atoms with Gasteiger partial charge in [-0.3, -0.25) is 14.9 Å². The Hall–Kier alpha value is -2.71. The number of non-ortho nitro benzene ring substituents is 1. The Kier molecular flexibility index (Phi) is 5.34. The smallest absolute Gasteiger partial charge is 0.270 e. The third-order valence-corrected chi connectivity index (χ3v) is 4.34. The van der Waals surface area contributed by atoms with E-state index in [4.69, 9.17) is 16.3 Å². The van der Waals surface area contributed by atoms with Gasteiger partial charge in [-0.2, -0.15) is 0 Å². The molecule has 26 heavy (non-hydrogen) atoms. The first-order valence-corrected chi connectivity index (χ1v) is 8.41. The van der Waals surface area contributed by atoms with Gasteiger partial charge in [0.15, 0.2) is 5.15 Å². The summed E-state index contributed by atoms with van der Waals surface area (Å²) in [5.41, 5.74) is 0.882. The van der Waals surface area contributed by atoms with Crippen LogP contribution in [0.4, 0.5) is 11.4 Å². The Morgan fingerprint density at radius 1 is 1.50 bits per heavy atom. The van der Waals surface area contributed by atoms with Gasteiger partial charge in [-0.1, -0.05) is 17.7 Å². The summed E-state index contributed by atoms with van der Waals surface area (Å²) in [6, 6.07) is 7.37. The Morgan fingerprint density at radius 2 is 2.27 bits per heavy atom. The first kappa shape index (κ1) is 18.1. The predicted octanol–water partition coefficient (Wildman–Crippen LogP) is 2.94. The van der Waals surface area contributed by atoms with Gasteiger partial charge in [0, 0.05) is 29.8 Å². The number of aromatic nitrogens is 1. The average molecular weight is 377 g/mol. The summed E-state index contributed by atoms with van der Waals surface area (Å²) in [6.45, 7) is 3.25. The topological polar surface area (TPSA) is 106 Å². The standard InChI is InChI=1S/C17H17ClN4O4/c1-10-15(26-9-12-5-6-19-12)8-14(16(18)20-10)21-17(23)11-3-2-4-13(7-11)22(24)25/h2-4,7-8,12,19H,5-6,9H2,1H3,(H,21,23)/t12-/m0/s1. The van der Waals surface area contributed by atoms with E-state index in [0.717, 1.165) is 13.0 Å². The number of nitrogens with zero attached hydrogens (tertiary/aromatic N) is 2. The van der Waals surface area contributed by atoms with E-state index in [2.05, 4.69) is 15.6 Å². The molecule has 2 heterocycles. The van der Waals surface area contributed by atoms with Crippen LogP contribution in [0.5, 0.6) is 5.75 Å². The molecule has 9 heteroatoms. The highest BCUT2D eigenvalue weighted by atomic mass is 35.5. The van der Waals surface area contributed by atoms with Crippen molar-refractivity contribution < 1.29 is 14.5 Å². The van der Waals surface area contributed by atoms with Gasteiger partial charge in [0.05, 0.1) is 16.3 Å². The molecule has 1 aromatic heterocycles. The molecule has 1 aromatic carbocycles. The molecule has 1 saturated heterocycles. The molecular formula is C17H17ClN4O4. The molecule has 0 radical (unpaired) electrons. The van der Waals surface area contributed by atoms with Gasteiger partial charge in [-0.25, -0.2) is 4.98 Å². The average Bonchev–Trinajstić information content (AvgIpc) is 2.57. The molecule has 136 valence electrons. The number of amides is 1. The Balaban J connectivity index is 1.76. The number of carbonyl (C=O) groups excluding carboxylic acids is 1. The van der Waals surface area contributed by atoms with Crippen LogP contribution < -0.4 is 15.4 Å². The number of nitro groups is 1. The third kappa shape index (κ3) is 4.09. The zero-order valence-electron chi connectivity index (χ0n) is 14.0. The molecule has 1 atom stereocenters. The lowest BCUT2D eigenvalue weighted by molar-refractivity contribution is -0.384. The molecule has 1 aliphatic heterocycles. The summed E-state index contributed by atoms with van der Waals surface area (Å²) in [6.07, 6.45) is 1.05. The minimum absolute atomic E-state index is 0.121. The second-order valence-corrected chi connectivity index (χ2v) is 6.28. The lowest BCUT2D eigenvalue weighted by atomic mass is 10.1. The van der Waals surface area contributed by atoms with Crippen molar-refractivity contribution >= 4 is 28.9 Å². The second kappa shape index (κ2) is 7.67. The Labute approximate surface area is 154 Å². The highest BCUT2D eigenvalue weighted by molar-refractivity contribution is 6.32. The van der Waals surface area contributed by atoms with Crippen LogP contribution in [-0.4, -0.2) is 35.0 Å². The predicted molar refractivity (Wildman–Crippen MR) is 96.9 cm³/mol. The molecule has 8 nitrogen and oxygen atoms in total. The van der Waals surface area contributed by atoms with E-state index in [1.54, 1.807) is 13.0 Å². The van der Waals surface area contributed by atoms with E-state index in [0.29, 0.717) is 24.1 Å². The van der Waals surface area contributed by atoms with E-state index in [1.165, 1.54) is 24.3 Å². The zero-order valence-corrected chi connectivity index (χ0v) is 14.7. The molecule has 3 rings (SSSR count). The Bertz CT molecular complexity index is 855. The minimum Gasteiger partial charge on any atom is -0.490 e. The molecule has 0 saturated carbocycles. The first-order valence-electron chi connectivity index (χ1n) is 8.03. The summed E-state index contributed by atoms with van der Waals surface area (Å²) < 4.78 is 5.75. The van der Waals surface area contributed by atoms with Crippen LogP contribution in [0.2, 0.25) is 5.15 Å². The fourth-order valence-corrected chi connectivity index (χ4v) is 2.66. The summed E-state index contributed by atoms with van der Waals surface area (Å²) in [4.78, 5) is 26.9. The number of ether oxygens (including phenoxy) is 1. The molecule has 0 spiro atoms. The fraction of sp³-hybridized carbons (Fsp3) is 0.294. The lowest BCUT2D eigenvalue weighted by Crippen LogP contribution is -2.46. The van der Waals surface area contributed by atoms with Gasteiger partial charge in [0.25, 0.3) is 11.6 Å². The molecule has 0 bridgehead atoms. The number of hydrogen-bond donors (Lipinski definition) is 2. The first-order chi connectivity index (χ1) is 12.4. The van der Waals surface area contributed by atoms with Gasteiger partial charge in [-0.15, -0.1) is 0 Å². The number of anilines is 1. The van der Waals surface area contributed by atoms with Gasteiger partial charge in [0.1, 0.15) is 12.4 Å². The fourth-order valence-electron chi connectivity index (χ4n) is 2.43. The van der Waals surface area contributed by atoms with Crippen LogP contribution in [0, 0.1) is 17.0 Å². The summed E-state index contributed by atoms with van der Waals surface area (Å²) >= 11 is 6.11. The maximum Gasteiger partial charge on any atom is 0.270 e. The van der Waals surface area contributed by atoms with Crippen molar-refractivity contribution in [1.82, 2.24) is 10.3 Å². The zero-order chi connectivity index (χ0) is 18.7. The molecule has 1 fully saturated rings. The van der Waals surface area contributed by atoms with Gasteiger partial charge < -0.3 is 15.4 Å². The number of hydrogen-bond acceptors (Lipinski definition) is 6. The number of aryl methyl sites for hydroxylation is 1. The largest absolute Gasteiger partial charge is 0.490 e. The number of carbonyl (C=O) groups is 1. The van der Waals surface area contributed by atoms with E-state index < -0.39 is 10.8 Å². The van der Waals surface area contributed by atoms with Gasteiger partial charge in [-0.05, 0) is 26.0 Å². The van der Waals surface area contributed by atoms with E-state index in [1.807, 2.05) is 0 Å². The van der Waals surface area contributed by atoms with Crippen molar-refractivity contribution in [3.05, 3.63) is 56.9 Å². The molecular weight excluding hydrogens is 360 g/mol. The summed E-state index contributed by atoms with van der Waals surface area (Å²) in [5, 5.41) is 16.8. The number of halogens is 1. The third-order valence-electron chi connectivity index (χ3n) is 4.05. The quantitative estimate of drug-likeness (QED) is 0.456. The van der Waals surface area contributed by atoms with E-state index in [-0.39, 0.29) is 22.1 Å². The maximum atomic E-state index is 12.4. The monoisotopic (exact) mass is 376 g/mol. The van der Waals surface area contributed by atoms with Crippen LogP contribution in [0.25, 0.3) is 0 Å². The number of benzene rings is 1. The van der Waals surface area contributed by atoms with Gasteiger partial charge >= 0.3 is 0 Å². The van der Waals surface area contributed by atoms with Crippen LogP contribution in [0.3, 0.4) is 0 Å². The highest BCUT2D eigenvalue weighted by Crippen LogP contribution is 2.28. The minimum atomic E-state index is -0.558. The number of nitro benzene ring substituents is 1. The number of nitrogens with one attached hydrogen (secondary N) is 2. The van der Waals surface area contributed by atoms with Crippen molar-refractivity contribution in [2.75, 3.05) is 18.5 Å². The number of pyridine rings is 1. The van der Waals surface area contributed by atoms with Crippen molar-refractivity contribution in [1.29, 1.82) is 0 Å². The SMILES string of the molecule is Cc1nc(Cl)c(NC(=O)c2cccc([N+](=O)[O-])c2)cc1OC[C@@H]1CCN1. The van der Waals surface area contributed by atoms with Crippen LogP contribution in [0.15, 0.2) is 30.3 Å². The molecule has 1 aliphatic rings. The van der Waals surface area contributed by atoms with E-state index >= 15 is 0 Å². The maximum absolute atomic E-state index is 12.4. The van der Waals surface area contributed by atoms with Crippen LogP contribution in [0.1, 0.15) is 22.5 Å². The van der Waals surface area contributed by atoms with Crippen molar-refractivity contribution in [3.8, 4) is 5.75 Å². The van der Waals surface area contributed by atoms with Crippen LogP contribution in [-0.2, 0) is 0 Å². The molecule has 0 aliphatic carbocycles. The molecule has 1 amide bonds.